The maximum atomic E-state index is 9.05. The molecule has 7 heavy (non-hydrogen) atoms. The van der Waals surface area contributed by atoms with Crippen LogP contribution in [0.3, 0.4) is 0 Å². The van der Waals surface area contributed by atoms with Gasteiger partial charge in [0, 0.05) is 20.4 Å². The monoisotopic (exact) mass is 260 g/mol. The summed E-state index contributed by atoms with van der Waals surface area (Å²) in [5.74, 6) is 0. The molecule has 0 spiro atoms. The molecule has 0 aliphatic carbocycles. The molecule has 0 aromatic rings. The van der Waals surface area contributed by atoms with Crippen molar-refractivity contribution < 1.29 is 33.4 Å². The van der Waals surface area contributed by atoms with E-state index < -0.39 is 9.15 Å². The fourth-order valence-electron chi connectivity index (χ4n) is 0. The third-order valence-electron chi connectivity index (χ3n) is 0. The molecule has 44 valence electrons. The van der Waals surface area contributed by atoms with Gasteiger partial charge in [-0.1, -0.05) is 0 Å². The Kier molecular flexibility index (Phi) is 15.5. The van der Waals surface area contributed by atoms with Crippen molar-refractivity contribution in [1.29, 1.82) is 0 Å². The van der Waals surface area contributed by atoms with Crippen molar-refractivity contribution in [3.05, 3.63) is 0 Å². The molecule has 0 aliphatic heterocycles. The van der Waals surface area contributed by atoms with E-state index in [1.165, 1.54) is 0 Å². The molecule has 0 fully saturated rings. The standard InChI is InChI=1S/K.H2O3S2.Pd.H/c;1-5(2,3)4;;/h;(H2,1,2,3,4);;. The molecule has 0 atom stereocenters. The molecule has 0 amide bonds. The minimum atomic E-state index is -3.97. The van der Waals surface area contributed by atoms with Crippen LogP contribution in [0.4, 0.5) is 0 Å². The Morgan fingerprint density at radius 1 is 1.43 bits per heavy atom. The normalized spacial score (nSPS) is 8.29. The predicted octanol–water partition coefficient (Wildman–Crippen LogP) is -0.932. The fourth-order valence-corrected chi connectivity index (χ4v) is 0. The SMILES string of the molecule is O=S(=O)(O)S.[KH].[Pd]. The van der Waals surface area contributed by atoms with Gasteiger partial charge in [-0.05, 0) is 11.7 Å². The number of thiol groups is 1. The van der Waals surface area contributed by atoms with Crippen LogP contribution in [0.1, 0.15) is 0 Å². The van der Waals surface area contributed by atoms with E-state index in [0.717, 1.165) is 0 Å². The van der Waals surface area contributed by atoms with Crippen molar-refractivity contribution in [2.75, 3.05) is 0 Å². The maximum Gasteiger partial charge on any atom is 0 e. The molecule has 0 bridgehead atoms. The Balaban J connectivity index is -0.0000000800. The van der Waals surface area contributed by atoms with Crippen molar-refractivity contribution in [2.45, 2.75) is 0 Å². The zero-order valence-corrected chi connectivity index (χ0v) is 5.70. The minimum absolute atomic E-state index is 0. The van der Waals surface area contributed by atoms with Gasteiger partial charge in [0.1, 0.15) is 0 Å². The molecule has 0 heterocycles. The first-order valence-electron chi connectivity index (χ1n) is 0.698. The van der Waals surface area contributed by atoms with Gasteiger partial charge in [0.25, 0.3) is 0 Å². The van der Waals surface area contributed by atoms with Gasteiger partial charge in [0.15, 0.2) is 0 Å². The summed E-state index contributed by atoms with van der Waals surface area (Å²) in [6, 6.07) is 0. The molecule has 7 heteroatoms. The second kappa shape index (κ2) is 6.68. The van der Waals surface area contributed by atoms with Crippen LogP contribution in [0.25, 0.3) is 0 Å². The van der Waals surface area contributed by atoms with Crippen LogP contribution in [-0.2, 0) is 29.6 Å². The molecule has 0 rings (SSSR count). The summed E-state index contributed by atoms with van der Waals surface area (Å²) in [5, 5.41) is 0. The van der Waals surface area contributed by atoms with E-state index in [2.05, 4.69) is 11.7 Å². The fraction of sp³-hybridized carbons (Fsp3) is 0. The molecule has 0 aliphatic rings. The molecule has 0 saturated carbocycles. The Morgan fingerprint density at radius 2 is 1.43 bits per heavy atom. The maximum absolute atomic E-state index is 9.05. The summed E-state index contributed by atoms with van der Waals surface area (Å²) in [4.78, 5) is 0. The van der Waals surface area contributed by atoms with Gasteiger partial charge in [-0.25, -0.2) is 0 Å². The topological polar surface area (TPSA) is 54.4 Å². The molecule has 0 unspecified atom stereocenters. The third kappa shape index (κ3) is 56.2. The van der Waals surface area contributed by atoms with Gasteiger partial charge >= 0.3 is 60.5 Å². The van der Waals surface area contributed by atoms with Crippen LogP contribution in [0.5, 0.6) is 0 Å². The average molecular weight is 261 g/mol. The summed E-state index contributed by atoms with van der Waals surface area (Å²) in [5.41, 5.74) is 0. The number of rotatable bonds is 0. The molecule has 3 nitrogen and oxygen atoms in total. The second-order valence-corrected chi connectivity index (χ2v) is 2.73. The van der Waals surface area contributed by atoms with E-state index in [9.17, 15) is 0 Å². The van der Waals surface area contributed by atoms with Gasteiger partial charge in [0.2, 0.25) is 0 Å². The average Bonchev–Trinajstić information content (AvgIpc) is 0.722. The Bertz CT molecular complexity index is 96.1. The summed E-state index contributed by atoms with van der Waals surface area (Å²) in [6.45, 7) is 0. The number of hydrogen-bond acceptors (Lipinski definition) is 2. The van der Waals surface area contributed by atoms with E-state index in [0.29, 0.717) is 0 Å². The largest absolute Gasteiger partial charge is 0 e. The van der Waals surface area contributed by atoms with Crippen molar-refractivity contribution in [3.8, 4) is 0 Å². The summed E-state index contributed by atoms with van der Waals surface area (Å²) in [7, 11) is -3.97. The Hall–Kier alpha value is 2.56. The van der Waals surface area contributed by atoms with Crippen molar-refractivity contribution in [2.24, 2.45) is 0 Å². The van der Waals surface area contributed by atoms with Gasteiger partial charge in [-0.15, -0.1) is 0 Å². The molecule has 0 saturated heterocycles. The van der Waals surface area contributed by atoms with Crippen molar-refractivity contribution in [3.63, 3.8) is 0 Å². The van der Waals surface area contributed by atoms with Crippen molar-refractivity contribution >= 4 is 72.2 Å². The van der Waals surface area contributed by atoms with Crippen LogP contribution >= 0.6 is 11.7 Å². The van der Waals surface area contributed by atoms with E-state index in [-0.39, 0.29) is 71.8 Å². The van der Waals surface area contributed by atoms with Crippen LogP contribution in [0, 0.1) is 0 Å². The first kappa shape index (κ1) is 16.3. The van der Waals surface area contributed by atoms with Gasteiger partial charge in [0.05, 0.1) is 0 Å². The van der Waals surface area contributed by atoms with Crippen LogP contribution in [0.2, 0.25) is 0 Å². The van der Waals surface area contributed by atoms with Gasteiger partial charge in [-0.2, -0.15) is 8.42 Å². The Morgan fingerprint density at radius 3 is 1.43 bits per heavy atom. The van der Waals surface area contributed by atoms with Gasteiger partial charge in [-0.3, -0.25) is 4.55 Å². The van der Waals surface area contributed by atoms with E-state index in [4.69, 9.17) is 13.0 Å². The quantitative estimate of drug-likeness (QED) is 0.256. The third-order valence-corrected chi connectivity index (χ3v) is 0. The first-order valence-corrected chi connectivity index (χ1v) is 3.19. The minimum Gasteiger partial charge on any atom is 0 e. The van der Waals surface area contributed by atoms with Crippen LogP contribution < -0.4 is 0 Å². The summed E-state index contributed by atoms with van der Waals surface area (Å²) < 4.78 is 25.5. The summed E-state index contributed by atoms with van der Waals surface area (Å²) in [6.07, 6.45) is 0. The van der Waals surface area contributed by atoms with E-state index >= 15 is 0 Å². The van der Waals surface area contributed by atoms with E-state index in [1.54, 1.807) is 0 Å². The van der Waals surface area contributed by atoms with Crippen LogP contribution in [0.15, 0.2) is 0 Å². The molecule has 0 aromatic heterocycles. The molecular weight excluding hydrogens is 258 g/mol. The van der Waals surface area contributed by atoms with E-state index in [1.807, 2.05) is 0 Å². The Labute approximate surface area is 103 Å². The summed E-state index contributed by atoms with van der Waals surface area (Å²) >= 11 is 2.65. The number of hydrogen-bond donors (Lipinski definition) is 2. The molecule has 0 aromatic carbocycles. The zero-order chi connectivity index (χ0) is 4.50. The zero-order valence-electron chi connectivity index (χ0n) is 2.44. The predicted molar refractivity (Wildman–Crippen MR) is 27.7 cm³/mol. The smallest absolute Gasteiger partial charge is 0 e. The van der Waals surface area contributed by atoms with Gasteiger partial charge < -0.3 is 0 Å². The first-order chi connectivity index (χ1) is 2.00. The van der Waals surface area contributed by atoms with Crippen molar-refractivity contribution in [1.82, 2.24) is 0 Å². The second-order valence-electron chi connectivity index (χ2n) is 0.448. The molecular formula is H3KO3PdS2. The molecule has 0 radical (unpaired) electrons. The van der Waals surface area contributed by atoms with Crippen LogP contribution in [-0.4, -0.2) is 64.4 Å². The molecule has 1 N–H and O–H groups in total.